The van der Waals surface area contributed by atoms with Crippen LogP contribution in [0.15, 0.2) is 27.1 Å². The van der Waals surface area contributed by atoms with Crippen LogP contribution in [0.3, 0.4) is 0 Å². The molecule has 5 heteroatoms. The Kier molecular flexibility index (Phi) is 3.90. The Morgan fingerprint density at radius 1 is 1.47 bits per heavy atom. The number of amides is 1. The highest BCUT2D eigenvalue weighted by molar-refractivity contribution is 9.11. The standard InChI is InChI=1S/C12H14Br2N2O/c1-12(4-5-15-7-12)11(17)16-10-3-2-8(13)6-9(10)14/h2-3,6,15H,4-5,7H2,1H3,(H,16,17). The van der Waals surface area contributed by atoms with E-state index in [1.807, 2.05) is 25.1 Å². The number of anilines is 1. The number of nitrogens with one attached hydrogen (secondary N) is 2. The van der Waals surface area contributed by atoms with E-state index in [0.29, 0.717) is 0 Å². The molecular weight excluding hydrogens is 348 g/mol. The third-order valence-electron chi connectivity index (χ3n) is 3.10. The van der Waals surface area contributed by atoms with Crippen LogP contribution in [-0.2, 0) is 4.79 Å². The van der Waals surface area contributed by atoms with E-state index in [1.54, 1.807) is 0 Å². The highest BCUT2D eigenvalue weighted by atomic mass is 79.9. The highest BCUT2D eigenvalue weighted by Crippen LogP contribution is 2.30. The summed E-state index contributed by atoms with van der Waals surface area (Å²) in [4.78, 5) is 12.2. The highest BCUT2D eigenvalue weighted by Gasteiger charge is 2.36. The Morgan fingerprint density at radius 2 is 2.24 bits per heavy atom. The topological polar surface area (TPSA) is 41.1 Å². The van der Waals surface area contributed by atoms with Crippen LogP contribution in [0.1, 0.15) is 13.3 Å². The fourth-order valence-corrected chi connectivity index (χ4v) is 3.02. The summed E-state index contributed by atoms with van der Waals surface area (Å²) in [5, 5.41) is 6.20. The van der Waals surface area contributed by atoms with Gasteiger partial charge in [0.25, 0.3) is 0 Å². The van der Waals surface area contributed by atoms with Gasteiger partial charge in [0.1, 0.15) is 0 Å². The number of carbonyl (C=O) groups excluding carboxylic acids is 1. The van der Waals surface area contributed by atoms with Crippen molar-refractivity contribution in [3.63, 3.8) is 0 Å². The lowest BCUT2D eigenvalue weighted by atomic mass is 9.89. The molecule has 0 radical (unpaired) electrons. The van der Waals surface area contributed by atoms with Crippen molar-refractivity contribution < 1.29 is 4.79 Å². The van der Waals surface area contributed by atoms with Gasteiger partial charge in [-0.1, -0.05) is 15.9 Å². The van der Waals surface area contributed by atoms with Crippen molar-refractivity contribution in [1.29, 1.82) is 0 Å². The molecule has 1 atom stereocenters. The normalized spacial score (nSPS) is 23.7. The van der Waals surface area contributed by atoms with Gasteiger partial charge in [-0.25, -0.2) is 0 Å². The van der Waals surface area contributed by atoms with E-state index < -0.39 is 0 Å². The average Bonchev–Trinajstić information content (AvgIpc) is 2.71. The van der Waals surface area contributed by atoms with Crippen molar-refractivity contribution >= 4 is 43.5 Å². The predicted octanol–water partition coefficient (Wildman–Crippen LogP) is 3.15. The molecule has 0 bridgehead atoms. The minimum atomic E-state index is -0.299. The summed E-state index contributed by atoms with van der Waals surface area (Å²) < 4.78 is 1.87. The van der Waals surface area contributed by atoms with Crippen molar-refractivity contribution in [2.45, 2.75) is 13.3 Å². The third-order valence-corrected chi connectivity index (χ3v) is 4.25. The van der Waals surface area contributed by atoms with Gasteiger partial charge in [0.2, 0.25) is 5.91 Å². The van der Waals surface area contributed by atoms with Crippen molar-refractivity contribution in [1.82, 2.24) is 5.32 Å². The van der Waals surface area contributed by atoms with Crippen LogP contribution in [0.25, 0.3) is 0 Å². The second kappa shape index (κ2) is 5.08. The van der Waals surface area contributed by atoms with Crippen LogP contribution >= 0.6 is 31.9 Å². The molecule has 2 rings (SSSR count). The van der Waals surface area contributed by atoms with E-state index in [-0.39, 0.29) is 11.3 Å². The number of benzene rings is 1. The summed E-state index contributed by atoms with van der Waals surface area (Å²) in [6.45, 7) is 3.65. The molecular formula is C12H14Br2N2O. The van der Waals surface area contributed by atoms with Gasteiger partial charge in [-0.3, -0.25) is 4.79 Å². The zero-order valence-corrected chi connectivity index (χ0v) is 12.7. The molecule has 17 heavy (non-hydrogen) atoms. The molecule has 1 aromatic rings. The minimum Gasteiger partial charge on any atom is -0.325 e. The van der Waals surface area contributed by atoms with Gasteiger partial charge in [0.15, 0.2) is 0 Å². The molecule has 0 saturated carbocycles. The second-order valence-electron chi connectivity index (χ2n) is 4.57. The SMILES string of the molecule is CC1(C(=O)Nc2ccc(Br)cc2Br)CCNC1. The molecule has 1 aliphatic heterocycles. The number of carbonyl (C=O) groups is 1. The first-order valence-electron chi connectivity index (χ1n) is 5.48. The second-order valence-corrected chi connectivity index (χ2v) is 6.34. The van der Waals surface area contributed by atoms with E-state index in [0.717, 1.165) is 34.1 Å². The number of hydrogen-bond acceptors (Lipinski definition) is 2. The fraction of sp³-hybridized carbons (Fsp3) is 0.417. The maximum Gasteiger partial charge on any atom is 0.231 e. The molecule has 0 aromatic heterocycles. The first-order chi connectivity index (χ1) is 8.01. The Labute approximate surface area is 118 Å². The summed E-state index contributed by atoms with van der Waals surface area (Å²) in [6, 6.07) is 5.72. The van der Waals surface area contributed by atoms with Crippen LogP contribution in [-0.4, -0.2) is 19.0 Å². The molecule has 0 aliphatic carbocycles. The van der Waals surface area contributed by atoms with Crippen molar-refractivity contribution in [2.24, 2.45) is 5.41 Å². The predicted molar refractivity (Wildman–Crippen MR) is 76.1 cm³/mol. The van der Waals surface area contributed by atoms with Gasteiger partial charge in [-0.2, -0.15) is 0 Å². The van der Waals surface area contributed by atoms with Crippen LogP contribution < -0.4 is 10.6 Å². The molecule has 1 aromatic carbocycles. The molecule has 1 amide bonds. The first kappa shape index (κ1) is 13.1. The average molecular weight is 362 g/mol. The van der Waals surface area contributed by atoms with Gasteiger partial charge in [0, 0.05) is 15.5 Å². The molecule has 0 spiro atoms. The van der Waals surface area contributed by atoms with Crippen molar-refractivity contribution in [2.75, 3.05) is 18.4 Å². The van der Waals surface area contributed by atoms with Gasteiger partial charge >= 0.3 is 0 Å². The summed E-state index contributed by atoms with van der Waals surface area (Å²) >= 11 is 6.83. The van der Waals surface area contributed by atoms with Crippen molar-refractivity contribution in [3.8, 4) is 0 Å². The van der Waals surface area contributed by atoms with E-state index in [9.17, 15) is 4.79 Å². The molecule has 2 N–H and O–H groups in total. The van der Waals surface area contributed by atoms with E-state index in [2.05, 4.69) is 42.5 Å². The Bertz CT molecular complexity index is 442. The number of hydrogen-bond donors (Lipinski definition) is 2. The molecule has 92 valence electrons. The number of rotatable bonds is 2. The minimum absolute atomic E-state index is 0.0746. The van der Waals surface area contributed by atoms with E-state index in [1.165, 1.54) is 0 Å². The molecule has 3 nitrogen and oxygen atoms in total. The Hall–Kier alpha value is -0.390. The summed E-state index contributed by atoms with van der Waals surface area (Å²) in [5.41, 5.74) is 0.512. The van der Waals surface area contributed by atoms with Crippen LogP contribution in [0, 0.1) is 5.41 Å². The lowest BCUT2D eigenvalue weighted by Crippen LogP contribution is -2.35. The largest absolute Gasteiger partial charge is 0.325 e. The zero-order valence-electron chi connectivity index (χ0n) is 9.52. The Morgan fingerprint density at radius 3 is 2.82 bits per heavy atom. The maximum atomic E-state index is 12.2. The molecule has 1 aliphatic rings. The molecule has 1 unspecified atom stereocenters. The molecule has 1 fully saturated rings. The van der Waals surface area contributed by atoms with E-state index >= 15 is 0 Å². The number of halogens is 2. The summed E-state index contributed by atoms with van der Waals surface area (Å²) in [6.07, 6.45) is 0.882. The fourth-order valence-electron chi connectivity index (χ4n) is 1.87. The van der Waals surface area contributed by atoms with Gasteiger partial charge in [-0.05, 0) is 54.0 Å². The summed E-state index contributed by atoms with van der Waals surface area (Å²) in [7, 11) is 0. The zero-order chi connectivity index (χ0) is 12.5. The lowest BCUT2D eigenvalue weighted by molar-refractivity contribution is -0.123. The molecule has 1 heterocycles. The van der Waals surface area contributed by atoms with Gasteiger partial charge in [0.05, 0.1) is 11.1 Å². The third kappa shape index (κ3) is 2.89. The van der Waals surface area contributed by atoms with Crippen molar-refractivity contribution in [3.05, 3.63) is 27.1 Å². The van der Waals surface area contributed by atoms with Crippen LogP contribution in [0.4, 0.5) is 5.69 Å². The van der Waals surface area contributed by atoms with Gasteiger partial charge < -0.3 is 10.6 Å². The quantitative estimate of drug-likeness (QED) is 0.849. The van der Waals surface area contributed by atoms with Crippen LogP contribution in [0.2, 0.25) is 0 Å². The van der Waals surface area contributed by atoms with Gasteiger partial charge in [-0.15, -0.1) is 0 Å². The van der Waals surface area contributed by atoms with Crippen LogP contribution in [0.5, 0.6) is 0 Å². The monoisotopic (exact) mass is 360 g/mol. The maximum absolute atomic E-state index is 12.2. The lowest BCUT2D eigenvalue weighted by Gasteiger charge is -2.21. The first-order valence-corrected chi connectivity index (χ1v) is 7.07. The smallest absolute Gasteiger partial charge is 0.231 e. The van der Waals surface area contributed by atoms with E-state index in [4.69, 9.17) is 0 Å². The molecule has 1 saturated heterocycles. The summed E-state index contributed by atoms with van der Waals surface area (Å²) in [5.74, 6) is 0.0746. The Balaban J connectivity index is 2.13.